The Hall–Kier alpha value is -0.800. The van der Waals surface area contributed by atoms with Crippen LogP contribution in [0.1, 0.15) is 56.6 Å². The molecule has 1 saturated carbocycles. The molecule has 1 heterocycles. The number of rotatable bonds is 8. The third-order valence-corrected chi connectivity index (χ3v) is 4.20. The molecule has 0 radical (unpaired) electrons. The van der Waals surface area contributed by atoms with Gasteiger partial charge in [-0.2, -0.15) is 0 Å². The van der Waals surface area contributed by atoms with Crippen LogP contribution in [0.3, 0.4) is 0 Å². The SMILES string of the molecule is CCC(CC)N(C)Cc1cc(CNC2CC2)c(C)o1. The van der Waals surface area contributed by atoms with Gasteiger partial charge in [0.2, 0.25) is 0 Å². The minimum Gasteiger partial charge on any atom is -0.465 e. The fourth-order valence-electron chi connectivity index (χ4n) is 2.67. The molecule has 108 valence electrons. The average molecular weight is 264 g/mol. The Balaban J connectivity index is 1.90. The minimum atomic E-state index is 0.651. The Morgan fingerprint density at radius 2 is 2.05 bits per heavy atom. The molecule has 0 spiro atoms. The summed E-state index contributed by atoms with van der Waals surface area (Å²) in [6.07, 6.45) is 5.06. The number of nitrogens with zero attached hydrogens (tertiary/aromatic N) is 1. The molecule has 1 fully saturated rings. The van der Waals surface area contributed by atoms with Gasteiger partial charge < -0.3 is 9.73 Å². The molecule has 1 N–H and O–H groups in total. The quantitative estimate of drug-likeness (QED) is 0.779. The lowest BCUT2D eigenvalue weighted by atomic mass is 10.1. The van der Waals surface area contributed by atoms with E-state index in [0.717, 1.165) is 30.7 Å². The molecule has 19 heavy (non-hydrogen) atoms. The average Bonchev–Trinajstić information content (AvgIpc) is 3.14. The number of hydrogen-bond donors (Lipinski definition) is 1. The second-order valence-corrected chi connectivity index (χ2v) is 5.83. The van der Waals surface area contributed by atoms with E-state index in [-0.39, 0.29) is 0 Å². The van der Waals surface area contributed by atoms with E-state index < -0.39 is 0 Å². The first-order valence-corrected chi connectivity index (χ1v) is 7.65. The van der Waals surface area contributed by atoms with Crippen LogP contribution in [0.4, 0.5) is 0 Å². The monoisotopic (exact) mass is 264 g/mol. The molecule has 0 atom stereocenters. The molecule has 1 aromatic heterocycles. The Bertz CT molecular complexity index is 391. The van der Waals surface area contributed by atoms with Crippen molar-refractivity contribution in [2.45, 2.75) is 71.6 Å². The van der Waals surface area contributed by atoms with E-state index in [4.69, 9.17) is 4.42 Å². The van der Waals surface area contributed by atoms with Crippen molar-refractivity contribution >= 4 is 0 Å². The maximum Gasteiger partial charge on any atom is 0.118 e. The first kappa shape index (κ1) is 14.6. The van der Waals surface area contributed by atoms with Crippen LogP contribution in [0.2, 0.25) is 0 Å². The zero-order chi connectivity index (χ0) is 13.8. The summed E-state index contributed by atoms with van der Waals surface area (Å²) < 4.78 is 5.90. The van der Waals surface area contributed by atoms with Crippen LogP contribution in [0.15, 0.2) is 10.5 Å². The second-order valence-electron chi connectivity index (χ2n) is 5.83. The molecule has 1 aliphatic carbocycles. The van der Waals surface area contributed by atoms with Gasteiger partial charge in [-0.1, -0.05) is 13.8 Å². The Morgan fingerprint density at radius 1 is 1.37 bits per heavy atom. The fraction of sp³-hybridized carbons (Fsp3) is 0.750. The summed E-state index contributed by atoms with van der Waals surface area (Å²) in [6, 6.07) is 3.63. The van der Waals surface area contributed by atoms with Crippen LogP contribution in [0, 0.1) is 6.92 Å². The van der Waals surface area contributed by atoms with E-state index in [1.54, 1.807) is 0 Å². The summed E-state index contributed by atoms with van der Waals surface area (Å²) >= 11 is 0. The minimum absolute atomic E-state index is 0.651. The first-order chi connectivity index (χ1) is 9.13. The molecule has 0 aromatic carbocycles. The van der Waals surface area contributed by atoms with Gasteiger partial charge in [0, 0.05) is 24.2 Å². The Morgan fingerprint density at radius 3 is 2.63 bits per heavy atom. The second kappa shape index (κ2) is 6.58. The predicted octanol–water partition coefficient (Wildman–Crippen LogP) is 3.46. The molecular weight excluding hydrogens is 236 g/mol. The molecule has 0 saturated heterocycles. The normalized spacial score (nSPS) is 15.7. The number of hydrogen-bond acceptors (Lipinski definition) is 3. The molecule has 0 aliphatic heterocycles. The summed E-state index contributed by atoms with van der Waals surface area (Å²) in [4.78, 5) is 2.40. The maximum atomic E-state index is 5.90. The lowest BCUT2D eigenvalue weighted by molar-refractivity contribution is 0.204. The summed E-state index contributed by atoms with van der Waals surface area (Å²) in [6.45, 7) is 8.45. The van der Waals surface area contributed by atoms with Gasteiger partial charge >= 0.3 is 0 Å². The van der Waals surface area contributed by atoms with Crippen molar-refractivity contribution in [3.63, 3.8) is 0 Å². The molecule has 3 nitrogen and oxygen atoms in total. The highest BCUT2D eigenvalue weighted by Gasteiger charge is 2.21. The molecule has 0 amide bonds. The maximum absolute atomic E-state index is 5.90. The molecule has 3 heteroatoms. The van der Waals surface area contributed by atoms with E-state index in [0.29, 0.717) is 6.04 Å². The Kier molecular flexibility index (Phi) is 5.06. The van der Waals surface area contributed by atoms with E-state index >= 15 is 0 Å². The van der Waals surface area contributed by atoms with Gasteiger partial charge in [0.25, 0.3) is 0 Å². The highest BCUT2D eigenvalue weighted by atomic mass is 16.3. The van der Waals surface area contributed by atoms with Crippen molar-refractivity contribution in [2.24, 2.45) is 0 Å². The smallest absolute Gasteiger partial charge is 0.118 e. The van der Waals surface area contributed by atoms with Crippen LogP contribution in [-0.4, -0.2) is 24.0 Å². The molecule has 0 bridgehead atoms. The van der Waals surface area contributed by atoms with Crippen LogP contribution in [0.5, 0.6) is 0 Å². The Labute approximate surface area is 117 Å². The summed E-state index contributed by atoms with van der Waals surface area (Å²) in [7, 11) is 2.19. The van der Waals surface area contributed by atoms with Crippen LogP contribution in [0.25, 0.3) is 0 Å². The van der Waals surface area contributed by atoms with Gasteiger partial charge in [0.15, 0.2) is 0 Å². The van der Waals surface area contributed by atoms with Crippen molar-refractivity contribution in [3.05, 3.63) is 23.2 Å². The van der Waals surface area contributed by atoms with Gasteiger partial charge in [0.1, 0.15) is 11.5 Å². The predicted molar refractivity (Wildman–Crippen MR) is 79.1 cm³/mol. The molecule has 1 aliphatic rings. The van der Waals surface area contributed by atoms with Crippen molar-refractivity contribution in [3.8, 4) is 0 Å². The van der Waals surface area contributed by atoms with Gasteiger partial charge in [0.05, 0.1) is 6.54 Å². The summed E-state index contributed by atoms with van der Waals surface area (Å²) in [5, 5.41) is 3.55. The van der Waals surface area contributed by atoms with Crippen LogP contribution >= 0.6 is 0 Å². The van der Waals surface area contributed by atoms with E-state index in [1.807, 2.05) is 0 Å². The zero-order valence-electron chi connectivity index (χ0n) is 12.8. The van der Waals surface area contributed by atoms with Gasteiger partial charge in [-0.25, -0.2) is 0 Å². The van der Waals surface area contributed by atoms with E-state index in [1.165, 1.54) is 31.2 Å². The van der Waals surface area contributed by atoms with E-state index in [2.05, 4.69) is 44.1 Å². The standard InChI is InChI=1S/C16H28N2O/c1-5-15(6-2)18(4)11-16-9-13(12(3)19-16)10-17-14-7-8-14/h9,14-15,17H,5-8,10-11H2,1-4H3. The van der Waals surface area contributed by atoms with Crippen molar-refractivity contribution < 1.29 is 4.42 Å². The lowest BCUT2D eigenvalue weighted by Crippen LogP contribution is -2.29. The lowest BCUT2D eigenvalue weighted by Gasteiger charge is -2.24. The topological polar surface area (TPSA) is 28.4 Å². The highest BCUT2D eigenvalue weighted by molar-refractivity contribution is 5.21. The van der Waals surface area contributed by atoms with Gasteiger partial charge in [-0.15, -0.1) is 0 Å². The number of furan rings is 1. The van der Waals surface area contributed by atoms with E-state index in [9.17, 15) is 0 Å². The summed E-state index contributed by atoms with van der Waals surface area (Å²) in [5.41, 5.74) is 1.32. The molecule has 2 rings (SSSR count). The zero-order valence-corrected chi connectivity index (χ0v) is 12.8. The van der Waals surface area contributed by atoms with Crippen molar-refractivity contribution in [2.75, 3.05) is 7.05 Å². The van der Waals surface area contributed by atoms with Crippen molar-refractivity contribution in [1.29, 1.82) is 0 Å². The largest absolute Gasteiger partial charge is 0.465 e. The van der Waals surface area contributed by atoms with Crippen LogP contribution in [-0.2, 0) is 13.1 Å². The highest BCUT2D eigenvalue weighted by Crippen LogP contribution is 2.22. The third kappa shape index (κ3) is 4.08. The number of aryl methyl sites for hydroxylation is 1. The third-order valence-electron chi connectivity index (χ3n) is 4.20. The number of nitrogens with one attached hydrogen (secondary N) is 1. The summed E-state index contributed by atoms with van der Waals surface area (Å²) in [5.74, 6) is 2.17. The van der Waals surface area contributed by atoms with Crippen molar-refractivity contribution in [1.82, 2.24) is 10.2 Å². The van der Waals surface area contributed by atoms with Gasteiger partial charge in [-0.3, -0.25) is 4.90 Å². The molecular formula is C16H28N2O. The molecule has 0 unspecified atom stereocenters. The molecule has 1 aromatic rings. The first-order valence-electron chi connectivity index (χ1n) is 7.65. The van der Waals surface area contributed by atoms with Gasteiger partial charge in [-0.05, 0) is 45.7 Å². The fourth-order valence-corrected chi connectivity index (χ4v) is 2.67. The van der Waals surface area contributed by atoms with Crippen LogP contribution < -0.4 is 5.32 Å².